The van der Waals surface area contributed by atoms with Gasteiger partial charge in [-0.2, -0.15) is 5.26 Å². The molecule has 1 aromatic rings. The van der Waals surface area contributed by atoms with Gasteiger partial charge in [-0.3, -0.25) is 4.90 Å². The van der Waals surface area contributed by atoms with Crippen LogP contribution in [0.4, 0.5) is 0 Å². The van der Waals surface area contributed by atoms with E-state index in [-0.39, 0.29) is 6.61 Å². The van der Waals surface area contributed by atoms with Crippen LogP contribution in [0.1, 0.15) is 32.3 Å². The minimum Gasteiger partial charge on any atom is -0.491 e. The van der Waals surface area contributed by atoms with Crippen molar-refractivity contribution in [3.05, 3.63) is 29.8 Å². The molecule has 4 heteroatoms. The quantitative estimate of drug-likeness (QED) is 0.798. The van der Waals surface area contributed by atoms with Crippen molar-refractivity contribution in [3.8, 4) is 11.8 Å². The van der Waals surface area contributed by atoms with Crippen LogP contribution in [-0.2, 0) is 0 Å². The minimum absolute atomic E-state index is 0.260. The summed E-state index contributed by atoms with van der Waals surface area (Å²) in [7, 11) is 0. The number of benzene rings is 1. The third-order valence-electron chi connectivity index (χ3n) is 3.51. The monoisotopic (exact) mass is 288 g/mol. The lowest BCUT2D eigenvalue weighted by atomic mass is 10.2. The van der Waals surface area contributed by atoms with Crippen LogP contribution < -0.4 is 4.74 Å². The highest BCUT2D eigenvalue weighted by Gasteiger charge is 2.30. The van der Waals surface area contributed by atoms with E-state index in [1.165, 1.54) is 12.8 Å². The average Bonchev–Trinajstić information content (AvgIpc) is 3.29. The smallest absolute Gasteiger partial charge is 0.120 e. The summed E-state index contributed by atoms with van der Waals surface area (Å²) in [5, 5.41) is 19.0. The van der Waals surface area contributed by atoms with Gasteiger partial charge in [-0.05, 0) is 37.0 Å². The highest BCUT2D eigenvalue weighted by Crippen LogP contribution is 2.27. The summed E-state index contributed by atoms with van der Waals surface area (Å²) in [6, 6.07) is 9.75. The van der Waals surface area contributed by atoms with Crippen molar-refractivity contribution >= 4 is 0 Å². The number of aliphatic hydroxyl groups excluding tert-OH is 1. The summed E-state index contributed by atoms with van der Waals surface area (Å²) in [5.74, 6) is 1.24. The molecule has 0 saturated heterocycles. The standard InChI is InChI=1S/C17H24N2O2/c1-13(2)10-19(15-6-7-15)11-16(20)12-21-17-5-3-4-14(8-17)9-18/h3-5,8,13,15-16,20H,6-7,10-12H2,1-2H3. The van der Waals surface area contributed by atoms with Crippen LogP contribution in [0.15, 0.2) is 24.3 Å². The second-order valence-corrected chi connectivity index (χ2v) is 6.18. The molecule has 1 saturated carbocycles. The third kappa shape index (κ3) is 5.37. The van der Waals surface area contributed by atoms with Gasteiger partial charge in [0.15, 0.2) is 0 Å². The average molecular weight is 288 g/mol. The van der Waals surface area contributed by atoms with Crippen LogP contribution in [0.5, 0.6) is 5.75 Å². The van der Waals surface area contributed by atoms with Gasteiger partial charge >= 0.3 is 0 Å². The predicted molar refractivity (Wildman–Crippen MR) is 82.1 cm³/mol. The SMILES string of the molecule is CC(C)CN(CC(O)COc1cccc(C#N)c1)C1CC1. The van der Waals surface area contributed by atoms with E-state index in [2.05, 4.69) is 24.8 Å². The third-order valence-corrected chi connectivity index (χ3v) is 3.51. The molecule has 1 atom stereocenters. The van der Waals surface area contributed by atoms with E-state index >= 15 is 0 Å². The molecular weight excluding hydrogens is 264 g/mol. The molecule has 0 spiro atoms. The second-order valence-electron chi connectivity index (χ2n) is 6.18. The van der Waals surface area contributed by atoms with Crippen LogP contribution >= 0.6 is 0 Å². The Kier molecular flexibility index (Phi) is 5.60. The number of rotatable bonds is 8. The Balaban J connectivity index is 1.80. The first-order valence-electron chi connectivity index (χ1n) is 7.63. The fraction of sp³-hybridized carbons (Fsp3) is 0.588. The van der Waals surface area contributed by atoms with Crippen molar-refractivity contribution < 1.29 is 9.84 Å². The van der Waals surface area contributed by atoms with E-state index in [1.807, 2.05) is 0 Å². The Bertz CT molecular complexity index is 492. The van der Waals surface area contributed by atoms with Crippen molar-refractivity contribution in [1.82, 2.24) is 4.90 Å². The van der Waals surface area contributed by atoms with Crippen LogP contribution in [0.3, 0.4) is 0 Å². The Hall–Kier alpha value is -1.57. The van der Waals surface area contributed by atoms with Crippen LogP contribution in [0, 0.1) is 17.2 Å². The zero-order valence-electron chi connectivity index (χ0n) is 12.8. The fourth-order valence-electron chi connectivity index (χ4n) is 2.45. The molecule has 2 rings (SSSR count). The van der Waals surface area contributed by atoms with E-state index in [0.717, 1.165) is 6.54 Å². The second kappa shape index (κ2) is 7.44. The van der Waals surface area contributed by atoms with Crippen molar-refractivity contribution in [2.24, 2.45) is 5.92 Å². The summed E-state index contributed by atoms with van der Waals surface area (Å²) in [4.78, 5) is 2.37. The topological polar surface area (TPSA) is 56.5 Å². The molecule has 0 heterocycles. The normalized spacial score (nSPS) is 16.0. The van der Waals surface area contributed by atoms with Gasteiger partial charge in [0.1, 0.15) is 18.5 Å². The molecule has 0 bridgehead atoms. The number of aliphatic hydroxyl groups is 1. The Morgan fingerprint density at radius 2 is 2.14 bits per heavy atom. The van der Waals surface area contributed by atoms with E-state index in [4.69, 9.17) is 10.00 Å². The van der Waals surface area contributed by atoms with Gasteiger partial charge in [0, 0.05) is 19.1 Å². The summed E-state index contributed by atoms with van der Waals surface area (Å²) in [5.41, 5.74) is 0.571. The zero-order valence-corrected chi connectivity index (χ0v) is 12.8. The van der Waals surface area contributed by atoms with Gasteiger partial charge in [-0.15, -0.1) is 0 Å². The molecule has 1 N–H and O–H groups in total. The first-order valence-corrected chi connectivity index (χ1v) is 7.63. The fourth-order valence-corrected chi connectivity index (χ4v) is 2.45. The number of hydrogen-bond acceptors (Lipinski definition) is 4. The van der Waals surface area contributed by atoms with Gasteiger partial charge in [0.25, 0.3) is 0 Å². The summed E-state index contributed by atoms with van der Waals surface area (Å²) in [6.45, 7) is 6.33. The molecule has 1 aromatic carbocycles. The van der Waals surface area contributed by atoms with E-state index in [1.54, 1.807) is 24.3 Å². The highest BCUT2D eigenvalue weighted by atomic mass is 16.5. The molecule has 0 amide bonds. The maximum atomic E-state index is 10.2. The number of hydrogen-bond donors (Lipinski definition) is 1. The minimum atomic E-state index is -0.505. The van der Waals surface area contributed by atoms with E-state index in [9.17, 15) is 5.11 Å². The lowest BCUT2D eigenvalue weighted by Crippen LogP contribution is -2.39. The van der Waals surface area contributed by atoms with Crippen LogP contribution in [-0.4, -0.2) is 41.8 Å². The number of nitrogens with zero attached hydrogens (tertiary/aromatic N) is 2. The molecule has 1 fully saturated rings. The molecule has 0 aromatic heterocycles. The van der Waals surface area contributed by atoms with Crippen LogP contribution in [0.25, 0.3) is 0 Å². The van der Waals surface area contributed by atoms with Gasteiger partial charge in [-0.25, -0.2) is 0 Å². The van der Waals surface area contributed by atoms with Gasteiger partial charge in [-0.1, -0.05) is 19.9 Å². The molecule has 1 unspecified atom stereocenters. The maximum Gasteiger partial charge on any atom is 0.120 e. The molecule has 0 radical (unpaired) electrons. The molecule has 21 heavy (non-hydrogen) atoms. The maximum absolute atomic E-state index is 10.2. The van der Waals surface area contributed by atoms with Crippen molar-refractivity contribution in [2.75, 3.05) is 19.7 Å². The molecule has 1 aliphatic rings. The van der Waals surface area contributed by atoms with Crippen molar-refractivity contribution in [3.63, 3.8) is 0 Å². The number of nitriles is 1. The molecule has 1 aliphatic carbocycles. The Morgan fingerprint density at radius 3 is 2.76 bits per heavy atom. The van der Waals surface area contributed by atoms with E-state index in [0.29, 0.717) is 29.8 Å². The summed E-state index contributed by atoms with van der Waals surface area (Å²) in [6.07, 6.45) is 1.98. The van der Waals surface area contributed by atoms with Crippen LogP contribution in [0.2, 0.25) is 0 Å². The summed E-state index contributed by atoms with van der Waals surface area (Å²) >= 11 is 0. The first-order chi connectivity index (χ1) is 10.1. The Morgan fingerprint density at radius 1 is 1.38 bits per heavy atom. The Labute approximate surface area is 127 Å². The zero-order chi connectivity index (χ0) is 15.2. The molecule has 4 nitrogen and oxygen atoms in total. The van der Waals surface area contributed by atoms with Gasteiger partial charge in [0.05, 0.1) is 11.6 Å². The molecule has 114 valence electrons. The highest BCUT2D eigenvalue weighted by molar-refractivity contribution is 5.36. The predicted octanol–water partition coefficient (Wildman–Crippen LogP) is 2.42. The van der Waals surface area contributed by atoms with Crippen molar-refractivity contribution in [1.29, 1.82) is 5.26 Å². The molecular formula is C17H24N2O2. The number of ether oxygens (including phenoxy) is 1. The molecule has 0 aliphatic heterocycles. The van der Waals surface area contributed by atoms with Gasteiger partial charge in [0.2, 0.25) is 0 Å². The largest absolute Gasteiger partial charge is 0.491 e. The summed E-state index contributed by atoms with van der Waals surface area (Å²) < 4.78 is 5.59. The van der Waals surface area contributed by atoms with Crippen molar-refractivity contribution in [2.45, 2.75) is 38.8 Å². The first kappa shape index (κ1) is 15.8. The van der Waals surface area contributed by atoms with Gasteiger partial charge < -0.3 is 9.84 Å². The lowest BCUT2D eigenvalue weighted by Gasteiger charge is -2.26. The lowest BCUT2D eigenvalue weighted by molar-refractivity contribution is 0.0613. The van der Waals surface area contributed by atoms with E-state index < -0.39 is 6.10 Å².